The predicted octanol–water partition coefficient (Wildman–Crippen LogP) is 4.86. The Bertz CT molecular complexity index is 946. The van der Waals surface area contributed by atoms with E-state index >= 15 is 0 Å². The van der Waals surface area contributed by atoms with Crippen molar-refractivity contribution < 1.29 is 19.1 Å². The summed E-state index contributed by atoms with van der Waals surface area (Å²) in [6, 6.07) is 7.14. The number of carbonyl (C=O) groups is 2. The third-order valence-electron chi connectivity index (χ3n) is 3.83. The molecule has 148 valence electrons. The number of benzene rings is 1. The molecule has 1 N–H and O–H groups in total. The molecule has 1 unspecified atom stereocenters. The summed E-state index contributed by atoms with van der Waals surface area (Å²) in [5, 5.41) is 13.0. The fourth-order valence-corrected chi connectivity index (χ4v) is 3.67. The standard InChI is InChI=1S/C20H21ClN2O4S/c1-10(2)26-20(25)17-12(4)15(9-22)19(28-17)23-18(24)13(5)27-16-7-6-14(21)8-11(16)3/h6-8,10,13H,1-5H3,(H,23,24). The highest BCUT2D eigenvalue weighted by Gasteiger charge is 2.25. The molecule has 0 saturated carbocycles. The SMILES string of the molecule is Cc1cc(Cl)ccc1OC(C)C(=O)Nc1sc(C(=O)OC(C)C)c(C)c1C#N. The van der Waals surface area contributed by atoms with Crippen LogP contribution in [-0.2, 0) is 9.53 Å². The summed E-state index contributed by atoms with van der Waals surface area (Å²) < 4.78 is 10.9. The van der Waals surface area contributed by atoms with Gasteiger partial charge in [-0.2, -0.15) is 5.26 Å². The number of nitrogens with one attached hydrogen (secondary N) is 1. The molecule has 0 radical (unpaired) electrons. The number of esters is 1. The van der Waals surface area contributed by atoms with Gasteiger partial charge < -0.3 is 14.8 Å². The highest BCUT2D eigenvalue weighted by atomic mass is 35.5. The Balaban J connectivity index is 2.18. The van der Waals surface area contributed by atoms with Crippen LogP contribution in [-0.4, -0.2) is 24.1 Å². The molecule has 0 aliphatic rings. The van der Waals surface area contributed by atoms with E-state index in [2.05, 4.69) is 5.32 Å². The normalized spacial score (nSPS) is 11.6. The van der Waals surface area contributed by atoms with Crippen LogP contribution in [0.25, 0.3) is 0 Å². The summed E-state index contributed by atoms with van der Waals surface area (Å²) in [5.74, 6) is -0.414. The Morgan fingerprint density at radius 2 is 1.93 bits per heavy atom. The molecule has 1 aromatic heterocycles. The number of hydrogen-bond acceptors (Lipinski definition) is 6. The van der Waals surface area contributed by atoms with E-state index < -0.39 is 18.0 Å². The molecular formula is C20H21ClN2O4S. The number of thiophene rings is 1. The number of nitriles is 1. The number of nitrogens with zero attached hydrogens (tertiary/aromatic N) is 1. The Hall–Kier alpha value is -2.56. The van der Waals surface area contributed by atoms with Crippen molar-refractivity contribution in [3.63, 3.8) is 0 Å². The maximum absolute atomic E-state index is 12.6. The zero-order chi connectivity index (χ0) is 21.0. The third kappa shape index (κ3) is 5.03. The first-order valence-electron chi connectivity index (χ1n) is 8.62. The van der Waals surface area contributed by atoms with Gasteiger partial charge >= 0.3 is 5.97 Å². The van der Waals surface area contributed by atoms with Crippen molar-refractivity contribution >= 4 is 39.8 Å². The molecule has 0 fully saturated rings. The van der Waals surface area contributed by atoms with Crippen LogP contribution in [0.5, 0.6) is 5.75 Å². The molecule has 1 heterocycles. The molecule has 0 saturated heterocycles. The van der Waals surface area contributed by atoms with Crippen LogP contribution in [0.1, 0.15) is 47.1 Å². The number of amides is 1. The second-order valence-corrected chi connectivity index (χ2v) is 7.94. The van der Waals surface area contributed by atoms with Crippen LogP contribution in [0.15, 0.2) is 18.2 Å². The van der Waals surface area contributed by atoms with E-state index in [4.69, 9.17) is 21.1 Å². The van der Waals surface area contributed by atoms with Crippen molar-refractivity contribution in [2.45, 2.75) is 46.8 Å². The molecule has 0 aliphatic heterocycles. The number of anilines is 1. The first-order valence-corrected chi connectivity index (χ1v) is 9.81. The van der Waals surface area contributed by atoms with E-state index in [1.54, 1.807) is 45.9 Å². The van der Waals surface area contributed by atoms with Gasteiger partial charge in [0, 0.05) is 5.02 Å². The molecule has 0 spiro atoms. The number of hydrogen-bond donors (Lipinski definition) is 1. The Morgan fingerprint density at radius 3 is 2.50 bits per heavy atom. The van der Waals surface area contributed by atoms with E-state index in [0.717, 1.165) is 16.9 Å². The summed E-state index contributed by atoms with van der Waals surface area (Å²) in [6.45, 7) is 8.57. The molecule has 6 nitrogen and oxygen atoms in total. The molecule has 8 heteroatoms. The number of halogens is 1. The van der Waals surface area contributed by atoms with Gasteiger partial charge in [-0.05, 0) is 63.9 Å². The van der Waals surface area contributed by atoms with Crippen molar-refractivity contribution in [2.75, 3.05) is 5.32 Å². The summed E-state index contributed by atoms with van der Waals surface area (Å²) >= 11 is 6.94. The van der Waals surface area contributed by atoms with Crippen molar-refractivity contribution in [1.82, 2.24) is 0 Å². The van der Waals surface area contributed by atoms with E-state index in [1.807, 2.05) is 13.0 Å². The molecule has 2 rings (SSSR count). The lowest BCUT2D eigenvalue weighted by molar-refractivity contribution is -0.122. The molecule has 1 atom stereocenters. The van der Waals surface area contributed by atoms with Crippen molar-refractivity contribution in [3.05, 3.63) is 44.8 Å². The monoisotopic (exact) mass is 420 g/mol. The lowest BCUT2D eigenvalue weighted by Gasteiger charge is -2.16. The highest BCUT2D eigenvalue weighted by molar-refractivity contribution is 7.18. The van der Waals surface area contributed by atoms with Crippen LogP contribution in [0.2, 0.25) is 5.02 Å². The van der Waals surface area contributed by atoms with E-state index in [-0.39, 0.29) is 11.7 Å². The minimum Gasteiger partial charge on any atom is -0.481 e. The van der Waals surface area contributed by atoms with E-state index in [9.17, 15) is 14.9 Å². The fourth-order valence-electron chi connectivity index (χ4n) is 2.40. The Kier molecular flexibility index (Phi) is 7.05. The maximum Gasteiger partial charge on any atom is 0.348 e. The third-order valence-corrected chi connectivity index (χ3v) is 5.26. The fraction of sp³-hybridized carbons (Fsp3) is 0.350. The van der Waals surface area contributed by atoms with Crippen molar-refractivity contribution in [3.8, 4) is 11.8 Å². The van der Waals surface area contributed by atoms with Crippen LogP contribution < -0.4 is 10.1 Å². The first kappa shape index (κ1) is 21.7. The molecular weight excluding hydrogens is 400 g/mol. The van der Waals surface area contributed by atoms with Crippen LogP contribution >= 0.6 is 22.9 Å². The largest absolute Gasteiger partial charge is 0.481 e. The molecule has 2 aromatic rings. The average Bonchev–Trinajstić information content (AvgIpc) is 2.92. The molecule has 0 aliphatic carbocycles. The van der Waals surface area contributed by atoms with Crippen molar-refractivity contribution in [2.24, 2.45) is 0 Å². The lowest BCUT2D eigenvalue weighted by atomic mass is 10.1. The van der Waals surface area contributed by atoms with Gasteiger partial charge in [-0.25, -0.2) is 4.79 Å². The summed E-state index contributed by atoms with van der Waals surface area (Å²) in [4.78, 5) is 25.1. The minimum atomic E-state index is -0.820. The molecule has 1 aromatic carbocycles. The minimum absolute atomic E-state index is 0.240. The van der Waals surface area contributed by atoms with Gasteiger partial charge in [0.15, 0.2) is 6.10 Å². The number of rotatable bonds is 6. The van der Waals surface area contributed by atoms with E-state index in [0.29, 0.717) is 26.2 Å². The smallest absolute Gasteiger partial charge is 0.348 e. The number of ether oxygens (including phenoxy) is 2. The molecule has 1 amide bonds. The average molecular weight is 421 g/mol. The number of carbonyl (C=O) groups excluding carboxylic acids is 2. The Morgan fingerprint density at radius 1 is 1.25 bits per heavy atom. The molecule has 0 bridgehead atoms. The lowest BCUT2D eigenvalue weighted by Crippen LogP contribution is -2.30. The highest BCUT2D eigenvalue weighted by Crippen LogP contribution is 2.33. The predicted molar refractivity (Wildman–Crippen MR) is 109 cm³/mol. The van der Waals surface area contributed by atoms with Gasteiger partial charge in [0.1, 0.15) is 21.7 Å². The van der Waals surface area contributed by atoms with Crippen LogP contribution in [0.3, 0.4) is 0 Å². The first-order chi connectivity index (χ1) is 13.1. The Labute approximate surface area is 173 Å². The quantitative estimate of drug-likeness (QED) is 0.674. The van der Waals surface area contributed by atoms with Crippen LogP contribution in [0, 0.1) is 25.2 Å². The zero-order valence-electron chi connectivity index (χ0n) is 16.3. The number of aryl methyl sites for hydroxylation is 1. The summed E-state index contributed by atoms with van der Waals surface area (Å²) in [6.07, 6.45) is -1.10. The molecule has 28 heavy (non-hydrogen) atoms. The maximum atomic E-state index is 12.6. The van der Waals surface area contributed by atoms with Gasteiger partial charge in [-0.1, -0.05) is 11.6 Å². The summed E-state index contributed by atoms with van der Waals surface area (Å²) in [5.41, 5.74) is 1.52. The zero-order valence-corrected chi connectivity index (χ0v) is 17.8. The van der Waals surface area contributed by atoms with Gasteiger partial charge in [0.25, 0.3) is 5.91 Å². The van der Waals surface area contributed by atoms with Gasteiger partial charge in [-0.15, -0.1) is 11.3 Å². The van der Waals surface area contributed by atoms with Gasteiger partial charge in [-0.3, -0.25) is 4.79 Å². The topological polar surface area (TPSA) is 88.4 Å². The van der Waals surface area contributed by atoms with Gasteiger partial charge in [0.05, 0.1) is 11.7 Å². The van der Waals surface area contributed by atoms with Gasteiger partial charge in [0.2, 0.25) is 0 Å². The second-order valence-electron chi connectivity index (χ2n) is 6.49. The van der Waals surface area contributed by atoms with Crippen LogP contribution in [0.4, 0.5) is 5.00 Å². The van der Waals surface area contributed by atoms with Crippen molar-refractivity contribution in [1.29, 1.82) is 5.26 Å². The van der Waals surface area contributed by atoms with E-state index in [1.165, 1.54) is 0 Å². The summed E-state index contributed by atoms with van der Waals surface area (Å²) in [7, 11) is 0. The second kappa shape index (κ2) is 9.09.